The molecule has 1 amide bonds. The quantitative estimate of drug-likeness (QED) is 0.661. The van der Waals surface area contributed by atoms with Crippen LogP contribution in [-0.2, 0) is 6.73 Å². The first kappa shape index (κ1) is 18.3. The van der Waals surface area contributed by atoms with Crippen LogP contribution >= 0.6 is 0 Å². The zero-order valence-electron chi connectivity index (χ0n) is 16.1. The molecule has 0 N–H and O–H groups in total. The van der Waals surface area contributed by atoms with Gasteiger partial charge in [-0.25, -0.2) is 4.68 Å². The first-order valence-electron chi connectivity index (χ1n) is 9.80. The standard InChI is InChI=1S/C23H25N3O2/c1-18-6-5-14-25(16-18)23(27)22-13-15-26(24-22)17-28-21-11-9-20(10-12-21)19-7-3-2-4-8-19/h2-4,7-13,15,18H,5-6,14,16-17H2,1H3. The largest absolute Gasteiger partial charge is 0.471 e. The lowest BCUT2D eigenvalue weighted by Crippen LogP contribution is -2.39. The summed E-state index contributed by atoms with van der Waals surface area (Å²) in [6, 6.07) is 20.0. The third kappa shape index (κ3) is 4.25. The number of nitrogens with zero attached hydrogens (tertiary/aromatic N) is 3. The Balaban J connectivity index is 1.35. The number of hydrogen-bond acceptors (Lipinski definition) is 3. The van der Waals surface area contributed by atoms with Gasteiger partial charge in [-0.05, 0) is 48.1 Å². The maximum atomic E-state index is 12.6. The molecule has 5 heteroatoms. The average Bonchev–Trinajstić information content (AvgIpc) is 3.22. The van der Waals surface area contributed by atoms with Crippen LogP contribution in [0, 0.1) is 5.92 Å². The van der Waals surface area contributed by atoms with Gasteiger partial charge in [0.1, 0.15) is 5.75 Å². The number of hydrogen-bond donors (Lipinski definition) is 0. The number of ether oxygens (including phenoxy) is 1. The van der Waals surface area contributed by atoms with Crippen LogP contribution in [0.4, 0.5) is 0 Å². The van der Waals surface area contributed by atoms with Gasteiger partial charge < -0.3 is 9.64 Å². The van der Waals surface area contributed by atoms with Crippen LogP contribution in [0.25, 0.3) is 11.1 Å². The molecule has 2 heterocycles. The number of carbonyl (C=O) groups is 1. The second-order valence-corrected chi connectivity index (χ2v) is 7.40. The van der Waals surface area contributed by atoms with Crippen molar-refractivity contribution < 1.29 is 9.53 Å². The summed E-state index contributed by atoms with van der Waals surface area (Å²) in [6.45, 7) is 4.10. The predicted octanol–water partition coefficient (Wildman–Crippen LogP) is 4.46. The zero-order valence-corrected chi connectivity index (χ0v) is 16.1. The Labute approximate surface area is 165 Å². The number of amides is 1. The number of likely N-dealkylation sites (tertiary alicyclic amines) is 1. The molecule has 1 fully saturated rings. The van der Waals surface area contributed by atoms with Crippen molar-refractivity contribution in [3.05, 3.63) is 72.6 Å². The van der Waals surface area contributed by atoms with E-state index in [4.69, 9.17) is 4.74 Å². The fourth-order valence-electron chi connectivity index (χ4n) is 3.60. The van der Waals surface area contributed by atoms with Gasteiger partial charge in [-0.2, -0.15) is 5.10 Å². The van der Waals surface area contributed by atoms with Gasteiger partial charge in [0, 0.05) is 19.3 Å². The van der Waals surface area contributed by atoms with Crippen molar-refractivity contribution in [2.75, 3.05) is 13.1 Å². The minimum absolute atomic E-state index is 0.0116. The van der Waals surface area contributed by atoms with Crippen molar-refractivity contribution in [2.45, 2.75) is 26.5 Å². The molecule has 0 radical (unpaired) electrons. The molecule has 144 valence electrons. The second kappa shape index (κ2) is 8.30. The molecule has 1 unspecified atom stereocenters. The number of rotatable bonds is 5. The van der Waals surface area contributed by atoms with Gasteiger partial charge in [0.05, 0.1) is 0 Å². The van der Waals surface area contributed by atoms with E-state index in [1.54, 1.807) is 16.9 Å². The van der Waals surface area contributed by atoms with Crippen LogP contribution in [0.3, 0.4) is 0 Å². The van der Waals surface area contributed by atoms with Gasteiger partial charge >= 0.3 is 0 Å². The highest BCUT2D eigenvalue weighted by Gasteiger charge is 2.23. The molecule has 4 rings (SSSR count). The van der Waals surface area contributed by atoms with Crippen molar-refractivity contribution in [2.24, 2.45) is 5.92 Å². The maximum Gasteiger partial charge on any atom is 0.274 e. The molecule has 0 saturated carbocycles. The Morgan fingerprint density at radius 1 is 1.07 bits per heavy atom. The Morgan fingerprint density at radius 3 is 2.57 bits per heavy atom. The smallest absolute Gasteiger partial charge is 0.274 e. The van der Waals surface area contributed by atoms with E-state index < -0.39 is 0 Å². The maximum absolute atomic E-state index is 12.6. The first-order valence-corrected chi connectivity index (χ1v) is 9.80. The highest BCUT2D eigenvalue weighted by atomic mass is 16.5. The highest BCUT2D eigenvalue weighted by Crippen LogP contribution is 2.22. The van der Waals surface area contributed by atoms with Crippen LogP contribution in [0.15, 0.2) is 66.9 Å². The summed E-state index contributed by atoms with van der Waals surface area (Å²) < 4.78 is 7.47. The van der Waals surface area contributed by atoms with Crippen LogP contribution in [0.2, 0.25) is 0 Å². The number of piperidine rings is 1. The van der Waals surface area contributed by atoms with Crippen molar-refractivity contribution in [1.29, 1.82) is 0 Å². The summed E-state index contributed by atoms with van der Waals surface area (Å²) in [4.78, 5) is 14.5. The van der Waals surface area contributed by atoms with E-state index in [0.717, 1.165) is 30.8 Å². The summed E-state index contributed by atoms with van der Waals surface area (Å²) in [7, 11) is 0. The molecular weight excluding hydrogens is 350 g/mol. The van der Waals surface area contributed by atoms with Crippen molar-refractivity contribution in [1.82, 2.24) is 14.7 Å². The van der Waals surface area contributed by atoms with E-state index >= 15 is 0 Å². The van der Waals surface area contributed by atoms with Gasteiger partial charge in [0.25, 0.3) is 5.91 Å². The Kier molecular flexibility index (Phi) is 5.42. The molecular formula is C23H25N3O2. The predicted molar refractivity (Wildman–Crippen MR) is 109 cm³/mol. The summed E-state index contributed by atoms with van der Waals surface area (Å²) in [6.07, 6.45) is 4.05. The lowest BCUT2D eigenvalue weighted by atomic mass is 10.0. The fraction of sp³-hybridized carbons (Fsp3) is 0.304. The number of carbonyl (C=O) groups excluding carboxylic acids is 1. The molecule has 0 spiro atoms. The number of benzene rings is 2. The lowest BCUT2D eigenvalue weighted by molar-refractivity contribution is 0.0675. The monoisotopic (exact) mass is 375 g/mol. The molecule has 1 aliphatic rings. The third-order valence-corrected chi connectivity index (χ3v) is 5.13. The molecule has 0 aliphatic carbocycles. The normalized spacial score (nSPS) is 16.8. The van der Waals surface area contributed by atoms with Crippen LogP contribution in [0.5, 0.6) is 5.75 Å². The molecule has 28 heavy (non-hydrogen) atoms. The van der Waals surface area contributed by atoms with E-state index in [0.29, 0.717) is 11.6 Å². The van der Waals surface area contributed by atoms with Crippen molar-refractivity contribution in [3.8, 4) is 16.9 Å². The van der Waals surface area contributed by atoms with Crippen LogP contribution < -0.4 is 4.74 Å². The van der Waals surface area contributed by atoms with Gasteiger partial charge in [-0.15, -0.1) is 0 Å². The van der Waals surface area contributed by atoms with Gasteiger partial charge in [-0.3, -0.25) is 4.79 Å². The van der Waals surface area contributed by atoms with Crippen LogP contribution in [-0.4, -0.2) is 33.7 Å². The molecule has 1 atom stereocenters. The summed E-state index contributed by atoms with van der Waals surface area (Å²) in [5.74, 6) is 1.34. The number of aromatic nitrogens is 2. The minimum Gasteiger partial charge on any atom is -0.471 e. The molecule has 1 aromatic heterocycles. The fourth-order valence-corrected chi connectivity index (χ4v) is 3.60. The average molecular weight is 375 g/mol. The zero-order chi connectivity index (χ0) is 19.3. The summed E-state index contributed by atoms with van der Waals surface area (Å²) >= 11 is 0. The van der Waals surface area contributed by atoms with E-state index in [1.165, 1.54) is 12.0 Å². The summed E-state index contributed by atoms with van der Waals surface area (Å²) in [5, 5.41) is 4.39. The Hall–Kier alpha value is -3.08. The highest BCUT2D eigenvalue weighted by molar-refractivity contribution is 5.92. The van der Waals surface area contributed by atoms with E-state index in [2.05, 4.69) is 24.2 Å². The topological polar surface area (TPSA) is 47.4 Å². The van der Waals surface area contributed by atoms with Gasteiger partial charge in [0.15, 0.2) is 12.4 Å². The van der Waals surface area contributed by atoms with E-state index in [-0.39, 0.29) is 12.6 Å². The van der Waals surface area contributed by atoms with E-state index in [1.807, 2.05) is 47.4 Å². The van der Waals surface area contributed by atoms with Gasteiger partial charge in [-0.1, -0.05) is 49.4 Å². The molecule has 1 aliphatic heterocycles. The first-order chi connectivity index (χ1) is 13.7. The third-order valence-electron chi connectivity index (χ3n) is 5.13. The molecule has 3 aromatic rings. The van der Waals surface area contributed by atoms with Gasteiger partial charge in [0.2, 0.25) is 0 Å². The Bertz CT molecular complexity index is 919. The Morgan fingerprint density at radius 2 is 1.82 bits per heavy atom. The molecule has 1 saturated heterocycles. The van der Waals surface area contributed by atoms with Crippen molar-refractivity contribution in [3.63, 3.8) is 0 Å². The van der Waals surface area contributed by atoms with E-state index in [9.17, 15) is 4.79 Å². The summed E-state index contributed by atoms with van der Waals surface area (Å²) in [5.41, 5.74) is 2.81. The molecule has 2 aromatic carbocycles. The molecule has 0 bridgehead atoms. The van der Waals surface area contributed by atoms with Crippen LogP contribution in [0.1, 0.15) is 30.3 Å². The SMILES string of the molecule is CC1CCCN(C(=O)c2ccn(COc3ccc(-c4ccccc4)cc3)n2)C1. The minimum atomic E-state index is 0.0116. The second-order valence-electron chi connectivity index (χ2n) is 7.40. The lowest BCUT2D eigenvalue weighted by Gasteiger charge is -2.30. The van der Waals surface area contributed by atoms with Crippen molar-refractivity contribution >= 4 is 5.91 Å². The molecule has 5 nitrogen and oxygen atoms in total.